The second-order valence-corrected chi connectivity index (χ2v) is 7.54. The summed E-state index contributed by atoms with van der Waals surface area (Å²) in [5.74, 6) is 0.577. The summed E-state index contributed by atoms with van der Waals surface area (Å²) in [5.41, 5.74) is 1.11. The van der Waals surface area contributed by atoms with Gasteiger partial charge in [-0.3, -0.25) is 4.79 Å². The minimum absolute atomic E-state index is 0.0295. The lowest BCUT2D eigenvalue weighted by atomic mass is 10.1. The first-order chi connectivity index (χ1) is 8.06. The quantitative estimate of drug-likeness (QED) is 0.832. The molecule has 0 aromatic carbocycles. The molecule has 1 N–H and O–H groups in total. The third-order valence-corrected chi connectivity index (χ3v) is 5.64. The Labute approximate surface area is 119 Å². The zero-order valence-electron chi connectivity index (χ0n) is 9.63. The Kier molecular flexibility index (Phi) is 4.50. The molecule has 2 rings (SSSR count). The maximum Gasteiger partial charge on any atom is 0.261 e. The van der Waals surface area contributed by atoms with E-state index in [0.717, 1.165) is 40.0 Å². The number of carbonyl (C=O) groups excluding carboxylic acids is 1. The second-order valence-electron chi connectivity index (χ2n) is 4.55. The summed E-state index contributed by atoms with van der Waals surface area (Å²) in [6.45, 7) is 2.74. The van der Waals surface area contributed by atoms with Crippen molar-refractivity contribution in [3.63, 3.8) is 0 Å². The summed E-state index contributed by atoms with van der Waals surface area (Å²) >= 11 is 11.0. The second kappa shape index (κ2) is 5.72. The van der Waals surface area contributed by atoms with Crippen LogP contribution in [0.1, 0.15) is 34.5 Å². The van der Waals surface area contributed by atoms with E-state index in [-0.39, 0.29) is 5.91 Å². The largest absolute Gasteiger partial charge is 0.351 e. The number of alkyl halides is 1. The lowest BCUT2D eigenvalue weighted by Gasteiger charge is -2.09. The summed E-state index contributed by atoms with van der Waals surface area (Å²) in [6.07, 6.45) is 3.22. The molecule has 17 heavy (non-hydrogen) atoms. The van der Waals surface area contributed by atoms with Crippen LogP contribution < -0.4 is 5.32 Å². The normalized spacial score (nSPS) is 23.9. The fourth-order valence-electron chi connectivity index (χ4n) is 2.10. The summed E-state index contributed by atoms with van der Waals surface area (Å²) in [6, 6.07) is 1.92. The van der Waals surface area contributed by atoms with Gasteiger partial charge >= 0.3 is 0 Å². The van der Waals surface area contributed by atoms with Gasteiger partial charge in [-0.05, 0) is 59.7 Å². The van der Waals surface area contributed by atoms with Gasteiger partial charge in [0.2, 0.25) is 0 Å². The Hall–Kier alpha value is -0.0600. The maximum absolute atomic E-state index is 11.9. The van der Waals surface area contributed by atoms with Crippen molar-refractivity contribution in [3.8, 4) is 0 Å². The molecule has 94 valence electrons. The highest BCUT2D eigenvalue weighted by Crippen LogP contribution is 2.29. The van der Waals surface area contributed by atoms with Gasteiger partial charge in [-0.15, -0.1) is 22.9 Å². The van der Waals surface area contributed by atoms with E-state index in [1.807, 2.05) is 13.0 Å². The maximum atomic E-state index is 11.9. The highest BCUT2D eigenvalue weighted by atomic mass is 79.9. The van der Waals surface area contributed by atoms with E-state index >= 15 is 0 Å². The minimum atomic E-state index is 0.0295. The van der Waals surface area contributed by atoms with E-state index < -0.39 is 0 Å². The molecule has 0 saturated heterocycles. The first-order valence-electron chi connectivity index (χ1n) is 5.74. The van der Waals surface area contributed by atoms with Crippen LogP contribution in [0.25, 0.3) is 0 Å². The lowest BCUT2D eigenvalue weighted by molar-refractivity contribution is 0.0951. The Morgan fingerprint density at radius 2 is 2.41 bits per heavy atom. The zero-order valence-corrected chi connectivity index (χ0v) is 12.8. The fourth-order valence-corrected chi connectivity index (χ4v) is 3.92. The number of hydrogen-bond donors (Lipinski definition) is 1. The monoisotopic (exact) mass is 335 g/mol. The van der Waals surface area contributed by atoms with Crippen LogP contribution in [-0.2, 0) is 0 Å². The molecule has 1 saturated carbocycles. The molecule has 0 spiro atoms. The van der Waals surface area contributed by atoms with E-state index in [2.05, 4.69) is 21.2 Å². The van der Waals surface area contributed by atoms with Crippen molar-refractivity contribution in [2.75, 3.05) is 6.54 Å². The van der Waals surface area contributed by atoms with Crippen molar-refractivity contribution in [2.45, 2.75) is 31.6 Å². The number of thiophene rings is 1. The predicted octanol–water partition coefficient (Wildman–Crippen LogP) is 3.96. The molecular weight excluding hydrogens is 322 g/mol. The first kappa shape index (κ1) is 13.4. The van der Waals surface area contributed by atoms with Gasteiger partial charge in [0.15, 0.2) is 0 Å². The van der Waals surface area contributed by atoms with E-state index in [0.29, 0.717) is 11.3 Å². The number of nitrogens with one attached hydrogen (secondary N) is 1. The Balaban J connectivity index is 1.85. The van der Waals surface area contributed by atoms with Gasteiger partial charge in [-0.1, -0.05) is 0 Å². The highest BCUT2D eigenvalue weighted by molar-refractivity contribution is 9.11. The predicted molar refractivity (Wildman–Crippen MR) is 76.1 cm³/mol. The fraction of sp³-hybridized carbons (Fsp3) is 0.583. The summed E-state index contributed by atoms with van der Waals surface area (Å²) < 4.78 is 1.03. The van der Waals surface area contributed by atoms with Gasteiger partial charge < -0.3 is 5.32 Å². The summed E-state index contributed by atoms with van der Waals surface area (Å²) in [4.78, 5) is 12.7. The topological polar surface area (TPSA) is 29.1 Å². The van der Waals surface area contributed by atoms with Crippen molar-refractivity contribution in [1.82, 2.24) is 5.32 Å². The number of amides is 1. The molecule has 1 aromatic rings. The smallest absolute Gasteiger partial charge is 0.261 e. The third kappa shape index (κ3) is 3.46. The lowest BCUT2D eigenvalue weighted by Crippen LogP contribution is -2.27. The van der Waals surface area contributed by atoms with Gasteiger partial charge in [0.1, 0.15) is 0 Å². The molecule has 0 aliphatic heterocycles. The van der Waals surface area contributed by atoms with Crippen LogP contribution in [0.15, 0.2) is 9.85 Å². The van der Waals surface area contributed by atoms with Crippen LogP contribution in [0.2, 0.25) is 0 Å². The van der Waals surface area contributed by atoms with Crippen LogP contribution in [-0.4, -0.2) is 17.8 Å². The van der Waals surface area contributed by atoms with Gasteiger partial charge in [0.05, 0.1) is 8.66 Å². The molecule has 1 aliphatic rings. The van der Waals surface area contributed by atoms with E-state index in [9.17, 15) is 4.79 Å². The standard InChI is InChI=1S/C12H15BrClNOS/c1-7-4-10(17-11(7)13)12(16)15-6-8-2-3-9(14)5-8/h4,8-9H,2-3,5-6H2,1H3,(H,15,16). The van der Waals surface area contributed by atoms with E-state index in [1.54, 1.807) is 0 Å². The third-order valence-electron chi connectivity index (χ3n) is 3.11. The molecule has 1 heterocycles. The first-order valence-corrected chi connectivity index (χ1v) is 7.79. The van der Waals surface area contributed by atoms with Crippen molar-refractivity contribution in [1.29, 1.82) is 0 Å². The Morgan fingerprint density at radius 1 is 1.65 bits per heavy atom. The van der Waals surface area contributed by atoms with Crippen LogP contribution in [0.3, 0.4) is 0 Å². The number of carbonyl (C=O) groups is 1. The Bertz CT molecular complexity index is 401. The molecule has 0 bridgehead atoms. The molecule has 1 amide bonds. The average Bonchev–Trinajstić information content (AvgIpc) is 2.83. The summed E-state index contributed by atoms with van der Waals surface area (Å²) in [7, 11) is 0. The number of hydrogen-bond acceptors (Lipinski definition) is 2. The molecule has 5 heteroatoms. The Morgan fingerprint density at radius 3 is 2.94 bits per heavy atom. The number of halogens is 2. The van der Waals surface area contributed by atoms with Crippen LogP contribution >= 0.6 is 38.9 Å². The number of rotatable bonds is 3. The highest BCUT2D eigenvalue weighted by Gasteiger charge is 2.23. The number of aryl methyl sites for hydroxylation is 1. The molecule has 2 nitrogen and oxygen atoms in total. The molecule has 2 atom stereocenters. The minimum Gasteiger partial charge on any atom is -0.351 e. The molecule has 1 aromatic heterocycles. The van der Waals surface area contributed by atoms with E-state index in [1.165, 1.54) is 11.3 Å². The zero-order chi connectivity index (χ0) is 12.4. The van der Waals surface area contributed by atoms with Gasteiger partial charge in [-0.25, -0.2) is 0 Å². The molecular formula is C12H15BrClNOS. The van der Waals surface area contributed by atoms with Gasteiger partial charge in [0, 0.05) is 11.9 Å². The van der Waals surface area contributed by atoms with Crippen molar-refractivity contribution < 1.29 is 4.79 Å². The average molecular weight is 337 g/mol. The van der Waals surface area contributed by atoms with Gasteiger partial charge in [-0.2, -0.15) is 0 Å². The summed E-state index contributed by atoms with van der Waals surface area (Å²) in [5, 5.41) is 3.29. The SMILES string of the molecule is Cc1cc(C(=O)NCC2CCC(Cl)C2)sc1Br. The molecule has 1 fully saturated rings. The molecule has 1 aliphatic carbocycles. The van der Waals surface area contributed by atoms with Crippen molar-refractivity contribution in [2.24, 2.45) is 5.92 Å². The van der Waals surface area contributed by atoms with Gasteiger partial charge in [0.25, 0.3) is 5.91 Å². The molecule has 0 radical (unpaired) electrons. The van der Waals surface area contributed by atoms with Crippen molar-refractivity contribution in [3.05, 3.63) is 20.3 Å². The van der Waals surface area contributed by atoms with Crippen LogP contribution in [0, 0.1) is 12.8 Å². The molecule has 2 unspecified atom stereocenters. The van der Waals surface area contributed by atoms with E-state index in [4.69, 9.17) is 11.6 Å². The van der Waals surface area contributed by atoms with Crippen LogP contribution in [0.4, 0.5) is 0 Å². The van der Waals surface area contributed by atoms with Crippen molar-refractivity contribution >= 4 is 44.8 Å². The van der Waals surface area contributed by atoms with Crippen LogP contribution in [0.5, 0.6) is 0 Å².